The number of carbonyl (C=O) groups excluding carboxylic acids is 2. The Balaban J connectivity index is 1.89. The Labute approximate surface area is 121 Å². The third-order valence-electron chi connectivity index (χ3n) is 4.03. The lowest BCUT2D eigenvalue weighted by Crippen LogP contribution is -2.40. The molecule has 0 spiro atoms. The van der Waals surface area contributed by atoms with E-state index in [1.165, 1.54) is 0 Å². The number of ether oxygens (including phenoxy) is 1. The second-order valence-electron chi connectivity index (χ2n) is 6.93. The van der Waals surface area contributed by atoms with Gasteiger partial charge in [0.25, 0.3) is 0 Å². The fourth-order valence-electron chi connectivity index (χ4n) is 2.95. The minimum Gasteiger partial charge on any atom is -0.444 e. The van der Waals surface area contributed by atoms with Crippen molar-refractivity contribution in [2.45, 2.75) is 58.6 Å². The van der Waals surface area contributed by atoms with Gasteiger partial charge in [-0.15, -0.1) is 0 Å². The second kappa shape index (κ2) is 5.62. The molecule has 0 aromatic heterocycles. The smallest absolute Gasteiger partial charge is 0.410 e. The third-order valence-corrected chi connectivity index (χ3v) is 4.03. The number of hydrogen-bond donors (Lipinski definition) is 0. The largest absolute Gasteiger partial charge is 0.444 e. The van der Waals surface area contributed by atoms with Crippen LogP contribution in [0.3, 0.4) is 0 Å². The average molecular weight is 282 g/mol. The van der Waals surface area contributed by atoms with Crippen molar-refractivity contribution in [3.63, 3.8) is 0 Å². The first kappa shape index (κ1) is 15.1. The van der Waals surface area contributed by atoms with E-state index in [1.807, 2.05) is 25.7 Å². The molecule has 2 fully saturated rings. The number of likely N-dealkylation sites (tertiary alicyclic amines) is 2. The highest BCUT2D eigenvalue weighted by atomic mass is 16.6. The van der Waals surface area contributed by atoms with E-state index >= 15 is 0 Å². The number of amides is 2. The molecule has 0 bridgehead atoms. The van der Waals surface area contributed by atoms with E-state index in [4.69, 9.17) is 4.74 Å². The first-order valence-electron chi connectivity index (χ1n) is 7.56. The molecule has 2 aliphatic rings. The molecule has 2 rings (SSSR count). The highest BCUT2D eigenvalue weighted by Crippen LogP contribution is 2.25. The molecule has 2 saturated heterocycles. The van der Waals surface area contributed by atoms with Gasteiger partial charge in [0.1, 0.15) is 5.60 Å². The van der Waals surface area contributed by atoms with Crippen molar-refractivity contribution in [2.75, 3.05) is 19.6 Å². The normalized spacial score (nSPS) is 27.0. The molecule has 2 aliphatic heterocycles. The van der Waals surface area contributed by atoms with Gasteiger partial charge in [0.15, 0.2) is 0 Å². The fraction of sp³-hybridized carbons (Fsp3) is 0.867. The Bertz CT molecular complexity index is 389. The summed E-state index contributed by atoms with van der Waals surface area (Å²) in [4.78, 5) is 28.1. The monoisotopic (exact) mass is 282 g/mol. The van der Waals surface area contributed by atoms with Crippen LogP contribution in [0.25, 0.3) is 0 Å². The van der Waals surface area contributed by atoms with Gasteiger partial charge in [-0.1, -0.05) is 0 Å². The van der Waals surface area contributed by atoms with E-state index in [9.17, 15) is 9.59 Å². The van der Waals surface area contributed by atoms with Crippen molar-refractivity contribution in [3.8, 4) is 0 Å². The molecule has 1 unspecified atom stereocenters. The van der Waals surface area contributed by atoms with Crippen molar-refractivity contribution in [1.29, 1.82) is 0 Å². The predicted molar refractivity (Wildman–Crippen MR) is 76.3 cm³/mol. The molecule has 2 atom stereocenters. The Morgan fingerprint density at radius 2 is 1.85 bits per heavy atom. The van der Waals surface area contributed by atoms with Gasteiger partial charge in [0.05, 0.1) is 5.92 Å². The van der Waals surface area contributed by atoms with E-state index in [-0.39, 0.29) is 17.9 Å². The zero-order valence-electron chi connectivity index (χ0n) is 13.0. The maximum absolute atomic E-state index is 12.5. The molecule has 0 aromatic rings. The first-order valence-corrected chi connectivity index (χ1v) is 7.56. The number of rotatable bonds is 1. The van der Waals surface area contributed by atoms with Crippen LogP contribution in [0.5, 0.6) is 0 Å². The number of carbonyl (C=O) groups is 2. The summed E-state index contributed by atoms with van der Waals surface area (Å²) in [7, 11) is 0. The zero-order chi connectivity index (χ0) is 14.9. The highest BCUT2D eigenvalue weighted by molar-refractivity contribution is 5.81. The Morgan fingerprint density at radius 1 is 1.15 bits per heavy atom. The molecule has 5 nitrogen and oxygen atoms in total. The standard InChI is InChI=1S/C15H26N2O3/c1-11-6-5-8-17(11)13(18)12-7-9-16(10-12)14(19)20-15(2,3)4/h11-12H,5-10H2,1-4H3/t11?,12-/m0/s1. The molecule has 2 amide bonds. The molecule has 20 heavy (non-hydrogen) atoms. The topological polar surface area (TPSA) is 49.9 Å². The minimum absolute atomic E-state index is 0.0527. The minimum atomic E-state index is -0.483. The van der Waals surface area contributed by atoms with Crippen LogP contribution in [-0.2, 0) is 9.53 Å². The summed E-state index contributed by atoms with van der Waals surface area (Å²) in [6.45, 7) is 9.65. The van der Waals surface area contributed by atoms with Gasteiger partial charge in [0.2, 0.25) is 5.91 Å². The average Bonchev–Trinajstić information content (AvgIpc) is 2.94. The second-order valence-corrected chi connectivity index (χ2v) is 6.93. The van der Waals surface area contributed by atoms with Crippen molar-refractivity contribution in [3.05, 3.63) is 0 Å². The summed E-state index contributed by atoms with van der Waals surface area (Å²) < 4.78 is 5.36. The maximum Gasteiger partial charge on any atom is 0.410 e. The summed E-state index contributed by atoms with van der Waals surface area (Å²) in [6, 6.07) is 0.345. The summed E-state index contributed by atoms with van der Waals surface area (Å²) in [5.74, 6) is 0.157. The SMILES string of the molecule is CC1CCCN1C(=O)[C@H]1CCN(C(=O)OC(C)(C)C)C1. The van der Waals surface area contributed by atoms with Gasteiger partial charge < -0.3 is 14.5 Å². The van der Waals surface area contributed by atoms with Crippen molar-refractivity contribution >= 4 is 12.0 Å². The lowest BCUT2D eigenvalue weighted by molar-refractivity contribution is -0.135. The van der Waals surface area contributed by atoms with Crippen LogP contribution in [0.1, 0.15) is 47.0 Å². The molecule has 0 saturated carbocycles. The van der Waals surface area contributed by atoms with Crippen LogP contribution in [0.15, 0.2) is 0 Å². The van der Waals surface area contributed by atoms with Crippen molar-refractivity contribution < 1.29 is 14.3 Å². The summed E-state index contributed by atoms with van der Waals surface area (Å²) in [6.07, 6.45) is 2.63. The molecule has 0 aromatic carbocycles. The van der Waals surface area contributed by atoms with Crippen LogP contribution in [0.4, 0.5) is 4.79 Å². The molecule has 0 aliphatic carbocycles. The first-order chi connectivity index (χ1) is 9.28. The lowest BCUT2D eigenvalue weighted by Gasteiger charge is -2.26. The van der Waals surface area contributed by atoms with Crippen LogP contribution in [0, 0.1) is 5.92 Å². The van der Waals surface area contributed by atoms with Crippen LogP contribution >= 0.6 is 0 Å². The number of hydrogen-bond acceptors (Lipinski definition) is 3. The highest BCUT2D eigenvalue weighted by Gasteiger charge is 2.37. The molecule has 0 radical (unpaired) electrons. The van der Waals surface area contributed by atoms with E-state index < -0.39 is 5.60 Å². The molecule has 0 N–H and O–H groups in total. The zero-order valence-corrected chi connectivity index (χ0v) is 13.0. The Morgan fingerprint density at radius 3 is 2.40 bits per heavy atom. The molecular formula is C15H26N2O3. The Hall–Kier alpha value is -1.26. The summed E-state index contributed by atoms with van der Waals surface area (Å²) in [5.41, 5.74) is -0.483. The van der Waals surface area contributed by atoms with Gasteiger partial charge in [-0.05, 0) is 47.0 Å². The van der Waals surface area contributed by atoms with Crippen molar-refractivity contribution in [1.82, 2.24) is 9.80 Å². The molecule has 5 heteroatoms. The van der Waals surface area contributed by atoms with Crippen molar-refractivity contribution in [2.24, 2.45) is 5.92 Å². The lowest BCUT2D eigenvalue weighted by atomic mass is 10.1. The Kier molecular flexibility index (Phi) is 4.25. The quantitative estimate of drug-likeness (QED) is 0.741. The maximum atomic E-state index is 12.5. The van der Waals surface area contributed by atoms with E-state index in [2.05, 4.69) is 6.92 Å². The molecule has 114 valence electrons. The molecule has 2 heterocycles. The fourth-order valence-corrected chi connectivity index (χ4v) is 2.95. The van der Waals surface area contributed by atoms with Gasteiger partial charge in [-0.2, -0.15) is 0 Å². The van der Waals surface area contributed by atoms with E-state index in [0.29, 0.717) is 19.1 Å². The van der Waals surface area contributed by atoms with Gasteiger partial charge in [-0.25, -0.2) is 4.79 Å². The van der Waals surface area contributed by atoms with Gasteiger partial charge in [0, 0.05) is 25.7 Å². The van der Waals surface area contributed by atoms with Crippen LogP contribution in [-0.4, -0.2) is 53.1 Å². The number of nitrogens with zero attached hydrogens (tertiary/aromatic N) is 2. The van der Waals surface area contributed by atoms with Gasteiger partial charge in [-0.3, -0.25) is 4.79 Å². The predicted octanol–water partition coefficient (Wildman–Crippen LogP) is 2.25. The summed E-state index contributed by atoms with van der Waals surface area (Å²) in [5, 5.41) is 0. The van der Waals surface area contributed by atoms with Crippen LogP contribution < -0.4 is 0 Å². The van der Waals surface area contributed by atoms with Gasteiger partial charge >= 0.3 is 6.09 Å². The van der Waals surface area contributed by atoms with E-state index in [0.717, 1.165) is 25.8 Å². The van der Waals surface area contributed by atoms with E-state index in [1.54, 1.807) is 4.90 Å². The third kappa shape index (κ3) is 3.44. The van der Waals surface area contributed by atoms with Crippen LogP contribution in [0.2, 0.25) is 0 Å². The summed E-state index contributed by atoms with van der Waals surface area (Å²) >= 11 is 0. The molecular weight excluding hydrogens is 256 g/mol.